The molecule has 0 aliphatic carbocycles. The van der Waals surface area contributed by atoms with E-state index in [1.807, 2.05) is 0 Å². The van der Waals surface area contributed by atoms with Crippen LogP contribution in [0.25, 0.3) is 0 Å². The second kappa shape index (κ2) is 5.31. The number of hydrogen-bond donors (Lipinski definition) is 1. The van der Waals surface area contributed by atoms with Gasteiger partial charge in [0.1, 0.15) is 0 Å². The molecule has 0 fully saturated rings. The van der Waals surface area contributed by atoms with Gasteiger partial charge in [-0.1, -0.05) is 0 Å². The summed E-state index contributed by atoms with van der Waals surface area (Å²) in [6.07, 6.45) is 0.221. The van der Waals surface area contributed by atoms with Crippen LogP contribution in [0.3, 0.4) is 0 Å². The molecular formula is C9H9ClN2O3. The summed E-state index contributed by atoms with van der Waals surface area (Å²) in [5.41, 5.74) is 0.515. The van der Waals surface area contributed by atoms with E-state index >= 15 is 0 Å². The standard InChI is InChI=1S/C9H9ClN2O3/c10-6-5-9(13)11-7-1-3-8(4-2-7)12(14)15/h1-4H,5-6H2,(H,11,13). The van der Waals surface area contributed by atoms with Gasteiger partial charge in [-0.15, -0.1) is 11.6 Å². The van der Waals surface area contributed by atoms with Gasteiger partial charge >= 0.3 is 0 Å². The number of halogens is 1. The van der Waals surface area contributed by atoms with Crippen molar-refractivity contribution in [3.8, 4) is 0 Å². The number of nitrogens with one attached hydrogen (secondary N) is 1. The summed E-state index contributed by atoms with van der Waals surface area (Å²) in [6.45, 7) is 0. The molecule has 1 amide bonds. The van der Waals surface area contributed by atoms with E-state index in [1.54, 1.807) is 0 Å². The van der Waals surface area contributed by atoms with Crippen LogP contribution < -0.4 is 5.32 Å². The number of rotatable bonds is 4. The average molecular weight is 229 g/mol. The van der Waals surface area contributed by atoms with E-state index in [0.717, 1.165) is 0 Å². The Hall–Kier alpha value is -1.62. The van der Waals surface area contributed by atoms with Gasteiger partial charge in [0.05, 0.1) is 4.92 Å². The summed E-state index contributed by atoms with van der Waals surface area (Å²) in [7, 11) is 0. The third kappa shape index (κ3) is 3.55. The molecule has 5 nitrogen and oxygen atoms in total. The molecule has 0 aliphatic heterocycles. The quantitative estimate of drug-likeness (QED) is 0.488. The largest absolute Gasteiger partial charge is 0.326 e. The Morgan fingerprint density at radius 1 is 1.40 bits per heavy atom. The number of amides is 1. The van der Waals surface area contributed by atoms with Gasteiger partial charge in [-0.3, -0.25) is 14.9 Å². The molecule has 1 N–H and O–H groups in total. The van der Waals surface area contributed by atoms with Crippen LogP contribution >= 0.6 is 11.6 Å². The molecule has 1 aromatic rings. The minimum atomic E-state index is -0.496. The van der Waals surface area contributed by atoms with Crippen molar-refractivity contribution < 1.29 is 9.72 Å². The highest BCUT2D eigenvalue weighted by Gasteiger charge is 2.05. The maximum Gasteiger partial charge on any atom is 0.269 e. The Morgan fingerprint density at radius 2 is 2.00 bits per heavy atom. The molecule has 0 saturated heterocycles. The summed E-state index contributed by atoms with van der Waals surface area (Å²) in [5, 5.41) is 12.9. The molecule has 6 heteroatoms. The van der Waals surface area contributed by atoms with E-state index in [1.165, 1.54) is 24.3 Å². The fraction of sp³-hybridized carbons (Fsp3) is 0.222. The minimum Gasteiger partial charge on any atom is -0.326 e. The Labute approximate surface area is 91.2 Å². The number of nitro groups is 1. The molecule has 0 aromatic heterocycles. The molecule has 0 radical (unpaired) electrons. The molecule has 0 heterocycles. The molecule has 0 atom stereocenters. The predicted octanol–water partition coefficient (Wildman–Crippen LogP) is 2.16. The number of non-ortho nitro benzene ring substituents is 1. The zero-order chi connectivity index (χ0) is 11.3. The predicted molar refractivity (Wildman–Crippen MR) is 57.1 cm³/mol. The second-order valence-electron chi connectivity index (χ2n) is 2.79. The number of benzene rings is 1. The van der Waals surface area contributed by atoms with Gasteiger partial charge in [0, 0.05) is 30.1 Å². The molecule has 15 heavy (non-hydrogen) atoms. The molecule has 1 aromatic carbocycles. The Morgan fingerprint density at radius 3 is 2.47 bits per heavy atom. The second-order valence-corrected chi connectivity index (χ2v) is 3.17. The van der Waals surface area contributed by atoms with Gasteiger partial charge in [-0.25, -0.2) is 0 Å². The van der Waals surface area contributed by atoms with Crippen LogP contribution in [0.15, 0.2) is 24.3 Å². The first-order valence-corrected chi connectivity index (χ1v) is 4.77. The topological polar surface area (TPSA) is 72.2 Å². The highest BCUT2D eigenvalue weighted by Crippen LogP contribution is 2.15. The maximum absolute atomic E-state index is 11.1. The van der Waals surface area contributed by atoms with Crippen LogP contribution in [0.2, 0.25) is 0 Å². The van der Waals surface area contributed by atoms with Gasteiger partial charge < -0.3 is 5.32 Å². The average Bonchev–Trinajstić information content (AvgIpc) is 2.18. The van der Waals surface area contributed by atoms with Gasteiger partial charge in [0.15, 0.2) is 0 Å². The van der Waals surface area contributed by atoms with E-state index in [4.69, 9.17) is 11.6 Å². The van der Waals surface area contributed by atoms with Crippen LogP contribution in [0, 0.1) is 10.1 Å². The summed E-state index contributed by atoms with van der Waals surface area (Å²) in [4.78, 5) is 20.9. The zero-order valence-electron chi connectivity index (χ0n) is 7.77. The van der Waals surface area contributed by atoms with Gasteiger partial charge in [0.2, 0.25) is 5.91 Å². The number of hydrogen-bond acceptors (Lipinski definition) is 3. The van der Waals surface area contributed by atoms with Gasteiger partial charge in [0.25, 0.3) is 5.69 Å². The highest BCUT2D eigenvalue weighted by molar-refractivity contribution is 6.19. The van der Waals surface area contributed by atoms with Crippen molar-refractivity contribution in [2.45, 2.75) is 6.42 Å². The Bertz CT molecular complexity index is 364. The number of carbonyl (C=O) groups is 1. The fourth-order valence-electron chi connectivity index (χ4n) is 0.976. The van der Waals surface area contributed by atoms with Gasteiger partial charge in [-0.2, -0.15) is 0 Å². The van der Waals surface area contributed by atoms with Gasteiger partial charge in [-0.05, 0) is 12.1 Å². The van der Waals surface area contributed by atoms with Crippen molar-refractivity contribution in [1.82, 2.24) is 0 Å². The molecule has 0 aliphatic rings. The normalized spacial score (nSPS) is 9.67. The first-order valence-electron chi connectivity index (χ1n) is 4.24. The number of carbonyl (C=O) groups excluding carboxylic acids is 1. The first-order chi connectivity index (χ1) is 7.13. The number of nitrogens with zero attached hydrogens (tertiary/aromatic N) is 1. The number of nitro benzene ring substituents is 1. The molecule has 0 saturated carbocycles. The fourth-order valence-corrected chi connectivity index (χ4v) is 1.15. The van der Waals surface area contributed by atoms with Crippen molar-refractivity contribution in [3.63, 3.8) is 0 Å². The Balaban J connectivity index is 2.64. The van der Waals surface area contributed by atoms with Crippen LogP contribution in [0.1, 0.15) is 6.42 Å². The molecule has 80 valence electrons. The molecule has 1 rings (SSSR count). The Kier molecular flexibility index (Phi) is 4.05. The number of anilines is 1. The maximum atomic E-state index is 11.1. The summed E-state index contributed by atoms with van der Waals surface area (Å²) in [5.74, 6) is 0.0394. The van der Waals surface area contributed by atoms with Crippen molar-refractivity contribution in [3.05, 3.63) is 34.4 Å². The first kappa shape index (κ1) is 11.5. The summed E-state index contributed by atoms with van der Waals surface area (Å²) < 4.78 is 0. The van der Waals surface area contributed by atoms with Crippen LogP contribution in [-0.4, -0.2) is 16.7 Å². The van der Waals surface area contributed by atoms with E-state index < -0.39 is 4.92 Å². The smallest absolute Gasteiger partial charge is 0.269 e. The molecule has 0 unspecified atom stereocenters. The van der Waals surface area contributed by atoms with Crippen LogP contribution in [0.5, 0.6) is 0 Å². The third-order valence-corrected chi connectivity index (χ3v) is 1.87. The van der Waals surface area contributed by atoms with E-state index in [-0.39, 0.29) is 23.9 Å². The molecular weight excluding hydrogens is 220 g/mol. The van der Waals surface area contributed by atoms with Crippen molar-refractivity contribution >= 4 is 28.9 Å². The number of alkyl halides is 1. The van der Waals surface area contributed by atoms with E-state index in [9.17, 15) is 14.9 Å². The SMILES string of the molecule is O=C(CCCl)Nc1ccc([N+](=O)[O-])cc1. The lowest BCUT2D eigenvalue weighted by molar-refractivity contribution is -0.384. The lowest BCUT2D eigenvalue weighted by Gasteiger charge is -2.02. The van der Waals surface area contributed by atoms with Crippen LogP contribution in [-0.2, 0) is 4.79 Å². The van der Waals surface area contributed by atoms with Crippen LogP contribution in [0.4, 0.5) is 11.4 Å². The molecule has 0 spiro atoms. The van der Waals surface area contributed by atoms with Crippen molar-refractivity contribution in [2.75, 3.05) is 11.2 Å². The highest BCUT2D eigenvalue weighted by atomic mass is 35.5. The third-order valence-electron chi connectivity index (χ3n) is 1.68. The van der Waals surface area contributed by atoms with Crippen molar-refractivity contribution in [1.29, 1.82) is 0 Å². The summed E-state index contributed by atoms with van der Waals surface area (Å²) >= 11 is 5.38. The zero-order valence-corrected chi connectivity index (χ0v) is 8.53. The van der Waals surface area contributed by atoms with E-state index in [2.05, 4.69) is 5.32 Å². The monoisotopic (exact) mass is 228 g/mol. The lowest BCUT2D eigenvalue weighted by Crippen LogP contribution is -2.11. The van der Waals surface area contributed by atoms with Crippen molar-refractivity contribution in [2.24, 2.45) is 0 Å². The van der Waals surface area contributed by atoms with E-state index in [0.29, 0.717) is 5.69 Å². The minimum absolute atomic E-state index is 0.00894. The lowest BCUT2D eigenvalue weighted by atomic mass is 10.3. The summed E-state index contributed by atoms with van der Waals surface area (Å²) in [6, 6.07) is 5.61. The molecule has 0 bridgehead atoms.